The van der Waals surface area contributed by atoms with E-state index >= 15 is 0 Å². The summed E-state index contributed by atoms with van der Waals surface area (Å²) in [4.78, 5) is 16.4. The van der Waals surface area contributed by atoms with Gasteiger partial charge < -0.3 is 14.2 Å². The van der Waals surface area contributed by atoms with E-state index in [-0.39, 0.29) is 5.70 Å². The summed E-state index contributed by atoms with van der Waals surface area (Å²) in [6.07, 6.45) is 2.79. The average Bonchev–Trinajstić information content (AvgIpc) is 3.00. The number of aliphatic imine (C=N–C) groups is 1. The van der Waals surface area contributed by atoms with Gasteiger partial charge in [-0.2, -0.15) is 0 Å². The minimum absolute atomic E-state index is 0.245. The van der Waals surface area contributed by atoms with Crippen LogP contribution >= 0.6 is 11.6 Å². The van der Waals surface area contributed by atoms with Crippen LogP contribution in [0.4, 0.5) is 0 Å². The number of carbonyl (C=O) groups is 1. The molecule has 0 fully saturated rings. The summed E-state index contributed by atoms with van der Waals surface area (Å²) in [6.45, 7) is 0. The number of carbonyl (C=O) groups excluding carboxylic acids is 1. The first kappa shape index (κ1) is 18.0. The summed E-state index contributed by atoms with van der Waals surface area (Å²) in [6, 6.07) is 12.9. The Morgan fingerprint density at radius 2 is 1.77 bits per heavy atom. The van der Waals surface area contributed by atoms with E-state index in [0.717, 1.165) is 11.1 Å². The number of methoxy groups -OCH3 is 2. The highest BCUT2D eigenvalue weighted by Crippen LogP contribution is 2.26. The van der Waals surface area contributed by atoms with Crippen molar-refractivity contribution in [2.45, 2.75) is 12.8 Å². The SMILES string of the molecule is COc1cc(/C=C2/N=C(CCc3ccccc3Cl)OC2=O)cc(OC)c1. The molecule has 0 saturated heterocycles. The molecule has 6 heteroatoms. The maximum Gasteiger partial charge on any atom is 0.363 e. The molecular formula is C20H18ClNO4. The minimum Gasteiger partial charge on any atom is -0.497 e. The molecule has 0 aliphatic carbocycles. The zero-order valence-corrected chi connectivity index (χ0v) is 15.2. The Kier molecular flexibility index (Phi) is 5.58. The summed E-state index contributed by atoms with van der Waals surface area (Å²) in [7, 11) is 3.14. The number of hydrogen-bond acceptors (Lipinski definition) is 5. The van der Waals surface area contributed by atoms with Gasteiger partial charge in [-0.3, -0.25) is 0 Å². The predicted molar refractivity (Wildman–Crippen MR) is 101 cm³/mol. The van der Waals surface area contributed by atoms with Crippen molar-refractivity contribution in [1.29, 1.82) is 0 Å². The molecule has 1 aliphatic rings. The molecule has 0 radical (unpaired) electrons. The third-order valence-electron chi connectivity index (χ3n) is 3.91. The summed E-state index contributed by atoms with van der Waals surface area (Å²) in [5.74, 6) is 1.17. The number of ether oxygens (including phenoxy) is 3. The predicted octanol–water partition coefficient (Wildman–Crippen LogP) is 4.29. The quantitative estimate of drug-likeness (QED) is 0.561. The molecular weight excluding hydrogens is 354 g/mol. The lowest BCUT2D eigenvalue weighted by Crippen LogP contribution is -2.05. The fourth-order valence-electron chi connectivity index (χ4n) is 2.57. The van der Waals surface area contributed by atoms with Gasteiger partial charge in [0.2, 0.25) is 0 Å². The van der Waals surface area contributed by atoms with Gasteiger partial charge in [-0.1, -0.05) is 29.8 Å². The summed E-state index contributed by atoms with van der Waals surface area (Å²) < 4.78 is 15.7. The molecule has 0 amide bonds. The molecule has 0 spiro atoms. The zero-order chi connectivity index (χ0) is 18.5. The highest BCUT2D eigenvalue weighted by Gasteiger charge is 2.23. The van der Waals surface area contributed by atoms with Crippen molar-refractivity contribution in [1.82, 2.24) is 0 Å². The van der Waals surface area contributed by atoms with Crippen LogP contribution in [-0.4, -0.2) is 26.1 Å². The second-order valence-electron chi connectivity index (χ2n) is 5.66. The van der Waals surface area contributed by atoms with Gasteiger partial charge in [-0.25, -0.2) is 9.79 Å². The molecule has 0 bridgehead atoms. The highest BCUT2D eigenvalue weighted by atomic mass is 35.5. The molecule has 0 N–H and O–H groups in total. The van der Waals surface area contributed by atoms with Crippen molar-refractivity contribution in [3.05, 3.63) is 64.3 Å². The van der Waals surface area contributed by atoms with E-state index in [1.54, 1.807) is 38.5 Å². The first-order chi connectivity index (χ1) is 12.6. The Morgan fingerprint density at radius 3 is 2.42 bits per heavy atom. The van der Waals surface area contributed by atoms with Crippen molar-refractivity contribution in [2.24, 2.45) is 4.99 Å². The fourth-order valence-corrected chi connectivity index (χ4v) is 2.80. The van der Waals surface area contributed by atoms with Crippen molar-refractivity contribution < 1.29 is 19.0 Å². The van der Waals surface area contributed by atoms with Crippen LogP contribution in [-0.2, 0) is 16.0 Å². The van der Waals surface area contributed by atoms with Crippen LogP contribution in [0, 0.1) is 0 Å². The van der Waals surface area contributed by atoms with E-state index in [4.69, 9.17) is 25.8 Å². The van der Waals surface area contributed by atoms with Crippen LogP contribution in [0.1, 0.15) is 17.5 Å². The van der Waals surface area contributed by atoms with E-state index in [9.17, 15) is 4.79 Å². The Balaban J connectivity index is 1.77. The van der Waals surface area contributed by atoms with Gasteiger partial charge in [0.15, 0.2) is 11.6 Å². The van der Waals surface area contributed by atoms with Gasteiger partial charge in [-0.05, 0) is 41.8 Å². The first-order valence-electron chi connectivity index (χ1n) is 8.07. The minimum atomic E-state index is -0.471. The molecule has 1 aliphatic heterocycles. The van der Waals surface area contributed by atoms with E-state index in [1.807, 2.05) is 24.3 Å². The van der Waals surface area contributed by atoms with Gasteiger partial charge in [-0.15, -0.1) is 0 Å². The number of rotatable bonds is 6. The number of esters is 1. The molecule has 26 heavy (non-hydrogen) atoms. The van der Waals surface area contributed by atoms with Crippen LogP contribution in [0.15, 0.2) is 53.2 Å². The first-order valence-corrected chi connectivity index (χ1v) is 8.45. The maximum absolute atomic E-state index is 12.1. The molecule has 0 aromatic heterocycles. The van der Waals surface area contributed by atoms with Gasteiger partial charge in [0, 0.05) is 17.5 Å². The smallest absolute Gasteiger partial charge is 0.363 e. The standard InChI is InChI=1S/C20H18ClNO4/c1-24-15-9-13(10-16(12-15)25-2)11-18-20(23)26-19(22-18)8-7-14-5-3-4-6-17(14)21/h3-6,9-12H,7-8H2,1-2H3/b18-11+. The van der Waals surface area contributed by atoms with Crippen molar-refractivity contribution in [3.63, 3.8) is 0 Å². The molecule has 0 unspecified atom stereocenters. The van der Waals surface area contributed by atoms with Crippen LogP contribution < -0.4 is 9.47 Å². The third kappa shape index (κ3) is 4.24. The molecule has 3 rings (SSSR count). The van der Waals surface area contributed by atoms with Gasteiger partial charge in [0.05, 0.1) is 14.2 Å². The van der Waals surface area contributed by atoms with Crippen molar-refractivity contribution in [2.75, 3.05) is 14.2 Å². The van der Waals surface area contributed by atoms with E-state index in [2.05, 4.69) is 4.99 Å². The molecule has 134 valence electrons. The maximum atomic E-state index is 12.1. The molecule has 2 aromatic carbocycles. The lowest BCUT2D eigenvalue weighted by Gasteiger charge is -2.05. The van der Waals surface area contributed by atoms with E-state index < -0.39 is 5.97 Å². The van der Waals surface area contributed by atoms with Gasteiger partial charge in [0.25, 0.3) is 0 Å². The van der Waals surface area contributed by atoms with E-state index in [0.29, 0.717) is 35.3 Å². The lowest BCUT2D eigenvalue weighted by molar-refractivity contribution is -0.130. The topological polar surface area (TPSA) is 57.1 Å². The van der Waals surface area contributed by atoms with Gasteiger partial charge >= 0.3 is 5.97 Å². The Labute approximate surface area is 156 Å². The Morgan fingerprint density at radius 1 is 1.08 bits per heavy atom. The second kappa shape index (κ2) is 8.06. The number of cyclic esters (lactones) is 1. The van der Waals surface area contributed by atoms with E-state index in [1.165, 1.54) is 0 Å². The fraction of sp³-hybridized carbons (Fsp3) is 0.200. The van der Waals surface area contributed by atoms with Gasteiger partial charge in [0.1, 0.15) is 11.5 Å². The number of aryl methyl sites for hydroxylation is 1. The third-order valence-corrected chi connectivity index (χ3v) is 4.28. The van der Waals surface area contributed by atoms with Crippen molar-refractivity contribution in [3.8, 4) is 11.5 Å². The summed E-state index contributed by atoms with van der Waals surface area (Å²) in [5, 5.41) is 0.691. The zero-order valence-electron chi connectivity index (χ0n) is 14.5. The molecule has 0 atom stereocenters. The van der Waals surface area contributed by atoms with Crippen LogP contribution in [0.5, 0.6) is 11.5 Å². The van der Waals surface area contributed by atoms with Crippen molar-refractivity contribution >= 4 is 29.5 Å². The van der Waals surface area contributed by atoms with Crippen LogP contribution in [0.25, 0.3) is 6.08 Å². The molecule has 5 nitrogen and oxygen atoms in total. The number of hydrogen-bond donors (Lipinski definition) is 0. The Bertz CT molecular complexity index is 867. The number of halogens is 1. The molecule has 1 heterocycles. The normalized spacial score (nSPS) is 15.0. The number of nitrogens with zero attached hydrogens (tertiary/aromatic N) is 1. The highest BCUT2D eigenvalue weighted by molar-refractivity contribution is 6.31. The summed E-state index contributed by atoms with van der Waals surface area (Å²) >= 11 is 6.15. The lowest BCUT2D eigenvalue weighted by atomic mass is 10.1. The average molecular weight is 372 g/mol. The monoisotopic (exact) mass is 371 g/mol. The molecule has 0 saturated carbocycles. The summed E-state index contributed by atoms with van der Waals surface area (Å²) in [5.41, 5.74) is 1.97. The van der Waals surface area contributed by atoms with Crippen LogP contribution in [0.3, 0.4) is 0 Å². The number of benzene rings is 2. The largest absolute Gasteiger partial charge is 0.497 e. The van der Waals surface area contributed by atoms with Crippen LogP contribution in [0.2, 0.25) is 5.02 Å². The second-order valence-corrected chi connectivity index (χ2v) is 6.07. The molecule has 2 aromatic rings. The Hall–Kier alpha value is -2.79.